The molecule has 0 radical (unpaired) electrons. The standard InChI is InChI=1S/C33H22N4O2/c1-20(2)22-10-7-12-26-28(14-22)30(33(38)39-3)15-29(26)32(24(18-36)19-37)31(23(16-34)17-35)27-13-6-9-21-8-4-5-11-25(21)27/h4-15,20H,1-3H3. The van der Waals surface area contributed by atoms with Crippen molar-refractivity contribution in [2.45, 2.75) is 19.8 Å². The molecule has 6 nitrogen and oxygen atoms in total. The van der Waals surface area contributed by atoms with Crippen molar-refractivity contribution >= 4 is 27.9 Å². The average molecular weight is 507 g/mol. The highest BCUT2D eigenvalue weighted by molar-refractivity contribution is 6.18. The van der Waals surface area contributed by atoms with Crippen LogP contribution in [0.3, 0.4) is 0 Å². The number of hydrogen-bond donors (Lipinski definition) is 0. The highest BCUT2D eigenvalue weighted by Gasteiger charge is 2.29. The van der Waals surface area contributed by atoms with Gasteiger partial charge in [-0.1, -0.05) is 80.6 Å². The summed E-state index contributed by atoms with van der Waals surface area (Å²) >= 11 is 0. The van der Waals surface area contributed by atoms with Crippen molar-refractivity contribution in [2.24, 2.45) is 0 Å². The monoisotopic (exact) mass is 506 g/mol. The zero-order chi connectivity index (χ0) is 28.1. The molecule has 0 aromatic heterocycles. The van der Waals surface area contributed by atoms with Crippen LogP contribution in [-0.4, -0.2) is 13.1 Å². The molecule has 0 spiro atoms. The van der Waals surface area contributed by atoms with Crippen LogP contribution in [0.15, 0.2) is 83.9 Å². The van der Waals surface area contributed by atoms with Gasteiger partial charge in [0, 0.05) is 11.1 Å². The number of carbonyl (C=O) groups is 1. The fourth-order valence-corrected chi connectivity index (χ4v) is 4.75. The summed E-state index contributed by atoms with van der Waals surface area (Å²) in [5, 5.41) is 41.8. The fourth-order valence-electron chi connectivity index (χ4n) is 4.75. The van der Waals surface area contributed by atoms with Crippen LogP contribution >= 0.6 is 0 Å². The van der Waals surface area contributed by atoms with Gasteiger partial charge in [-0.2, -0.15) is 21.0 Å². The first-order valence-corrected chi connectivity index (χ1v) is 12.1. The lowest BCUT2D eigenvalue weighted by atomic mass is 9.83. The van der Waals surface area contributed by atoms with Gasteiger partial charge in [-0.05, 0) is 50.6 Å². The highest BCUT2D eigenvalue weighted by atomic mass is 16.5. The number of fused-ring (bicyclic) bond motifs is 2. The predicted molar refractivity (Wildman–Crippen MR) is 149 cm³/mol. The molecule has 0 fully saturated rings. The molecule has 0 amide bonds. The van der Waals surface area contributed by atoms with Crippen molar-refractivity contribution in [2.75, 3.05) is 7.11 Å². The second-order valence-electron chi connectivity index (χ2n) is 9.09. The number of allylic oxidation sites excluding steroid dienone is 4. The van der Waals surface area contributed by atoms with Gasteiger partial charge in [-0.15, -0.1) is 0 Å². The van der Waals surface area contributed by atoms with Crippen molar-refractivity contribution in [3.63, 3.8) is 0 Å². The minimum absolute atomic E-state index is 0.104. The van der Waals surface area contributed by atoms with Crippen molar-refractivity contribution in [1.29, 1.82) is 21.0 Å². The van der Waals surface area contributed by atoms with Gasteiger partial charge >= 0.3 is 5.97 Å². The van der Waals surface area contributed by atoms with Gasteiger partial charge in [-0.25, -0.2) is 4.79 Å². The number of methoxy groups -OCH3 is 1. The predicted octanol–water partition coefficient (Wildman–Crippen LogP) is 7.16. The van der Waals surface area contributed by atoms with Crippen molar-refractivity contribution in [3.8, 4) is 35.4 Å². The highest BCUT2D eigenvalue weighted by Crippen LogP contribution is 2.45. The van der Waals surface area contributed by atoms with E-state index in [0.29, 0.717) is 22.3 Å². The average Bonchev–Trinajstić information content (AvgIpc) is 3.15. The summed E-state index contributed by atoms with van der Waals surface area (Å²) in [6.45, 7) is 4.07. The summed E-state index contributed by atoms with van der Waals surface area (Å²) in [6, 6.07) is 29.8. The number of ether oxygens (including phenoxy) is 1. The summed E-state index contributed by atoms with van der Waals surface area (Å²) in [7, 11) is 1.28. The number of benzene rings is 2. The van der Waals surface area contributed by atoms with E-state index in [1.807, 2.05) is 86.7 Å². The lowest BCUT2D eigenvalue weighted by Gasteiger charge is -2.16. The molecular weight excluding hydrogens is 484 g/mol. The second kappa shape index (κ2) is 11.1. The van der Waals surface area contributed by atoms with E-state index in [1.165, 1.54) is 7.11 Å². The largest absolute Gasteiger partial charge is 0.465 e. The van der Waals surface area contributed by atoms with Crippen LogP contribution < -0.4 is 0 Å². The second-order valence-corrected chi connectivity index (χ2v) is 9.09. The molecule has 6 heteroatoms. The van der Waals surface area contributed by atoms with Gasteiger partial charge in [-0.3, -0.25) is 0 Å². The van der Waals surface area contributed by atoms with E-state index in [9.17, 15) is 25.8 Å². The molecular formula is C33H22N4O2. The van der Waals surface area contributed by atoms with Gasteiger partial charge in [0.15, 0.2) is 0 Å². The number of nitrogens with zero attached hydrogens (tertiary/aromatic N) is 4. The number of hydrogen-bond acceptors (Lipinski definition) is 6. The first-order valence-electron chi connectivity index (χ1n) is 12.1. The van der Waals surface area contributed by atoms with Gasteiger partial charge in [0.1, 0.15) is 35.4 Å². The molecule has 0 saturated heterocycles. The van der Waals surface area contributed by atoms with Gasteiger partial charge < -0.3 is 4.74 Å². The minimum atomic E-state index is -0.585. The summed E-state index contributed by atoms with van der Waals surface area (Å²) in [4.78, 5) is 12.9. The van der Waals surface area contributed by atoms with Crippen LogP contribution in [0.1, 0.15) is 46.8 Å². The zero-order valence-electron chi connectivity index (χ0n) is 21.6. The summed E-state index contributed by atoms with van der Waals surface area (Å²) in [5.74, 6) is -0.429. The molecule has 0 heterocycles. The Morgan fingerprint density at radius 1 is 0.692 bits per heavy atom. The van der Waals surface area contributed by atoms with Crippen LogP contribution in [0, 0.1) is 45.3 Å². The molecule has 0 atom stereocenters. The maximum atomic E-state index is 12.9. The first kappa shape index (κ1) is 26.4. The van der Waals surface area contributed by atoms with Crippen LogP contribution in [0.25, 0.3) is 33.0 Å². The van der Waals surface area contributed by atoms with E-state index in [0.717, 1.165) is 16.3 Å². The van der Waals surface area contributed by atoms with Gasteiger partial charge in [0.2, 0.25) is 0 Å². The maximum Gasteiger partial charge on any atom is 0.338 e. The number of rotatable bonds is 5. The first-order chi connectivity index (χ1) is 18.9. The lowest BCUT2D eigenvalue weighted by molar-refractivity contribution is 0.0602. The van der Waals surface area contributed by atoms with E-state index in [2.05, 4.69) is 0 Å². The molecule has 0 aliphatic heterocycles. The van der Waals surface area contributed by atoms with E-state index in [-0.39, 0.29) is 33.8 Å². The van der Waals surface area contributed by atoms with E-state index >= 15 is 0 Å². The van der Waals surface area contributed by atoms with Crippen molar-refractivity contribution < 1.29 is 9.53 Å². The topological polar surface area (TPSA) is 121 Å². The number of carbonyl (C=O) groups excluding carboxylic acids is 1. The molecule has 2 aromatic carbocycles. The Bertz CT molecular complexity index is 1800. The number of esters is 1. The smallest absolute Gasteiger partial charge is 0.338 e. The maximum absolute atomic E-state index is 12.9. The normalized spacial score (nSPS) is 10.2. The van der Waals surface area contributed by atoms with Crippen LogP contribution in [0.4, 0.5) is 0 Å². The number of nitriles is 4. The summed E-state index contributed by atoms with van der Waals surface area (Å²) in [6.07, 6.45) is 0. The lowest BCUT2D eigenvalue weighted by Crippen LogP contribution is -2.00. The van der Waals surface area contributed by atoms with Crippen LogP contribution in [0.5, 0.6) is 0 Å². The Hall–Kier alpha value is -5.69. The molecule has 0 unspecified atom stereocenters. The molecule has 4 rings (SSSR count). The Morgan fingerprint density at radius 3 is 1.90 bits per heavy atom. The zero-order valence-corrected chi connectivity index (χ0v) is 21.6. The Balaban J connectivity index is 2.22. The Labute approximate surface area is 226 Å². The SMILES string of the molecule is COC(=O)c1cc(C(=C(C#N)C#N)C(=C(C#N)C#N)c2cccc3ccccc23)c2cccc(C(C)C)cc1-2. The third-order valence-electron chi connectivity index (χ3n) is 6.62. The Morgan fingerprint density at radius 2 is 1.28 bits per heavy atom. The molecule has 0 saturated carbocycles. The molecule has 2 aromatic rings. The summed E-state index contributed by atoms with van der Waals surface area (Å²) < 4.78 is 5.07. The third-order valence-corrected chi connectivity index (χ3v) is 6.62. The fraction of sp³-hybridized carbons (Fsp3) is 0.121. The van der Waals surface area contributed by atoms with E-state index in [1.54, 1.807) is 24.3 Å². The minimum Gasteiger partial charge on any atom is -0.465 e. The van der Waals surface area contributed by atoms with Crippen LogP contribution in [-0.2, 0) is 4.74 Å². The van der Waals surface area contributed by atoms with Gasteiger partial charge in [0.25, 0.3) is 0 Å². The van der Waals surface area contributed by atoms with Crippen molar-refractivity contribution in [3.05, 3.63) is 106 Å². The Kier molecular flexibility index (Phi) is 7.54. The van der Waals surface area contributed by atoms with Crippen LogP contribution in [0.2, 0.25) is 0 Å². The molecule has 39 heavy (non-hydrogen) atoms. The van der Waals surface area contributed by atoms with Gasteiger partial charge in [0.05, 0.1) is 12.7 Å². The molecule has 2 aliphatic carbocycles. The molecule has 2 aliphatic rings. The van der Waals surface area contributed by atoms with Crippen molar-refractivity contribution in [1.82, 2.24) is 0 Å². The van der Waals surface area contributed by atoms with E-state index in [4.69, 9.17) is 4.74 Å². The summed E-state index contributed by atoms with van der Waals surface area (Å²) in [5.41, 5.74) is 2.96. The third kappa shape index (κ3) is 4.72. The molecule has 0 bridgehead atoms. The molecule has 186 valence electrons. The quantitative estimate of drug-likeness (QED) is 0.161. The molecule has 0 N–H and O–H groups in total. The van der Waals surface area contributed by atoms with E-state index < -0.39 is 5.97 Å².